The Balaban J connectivity index is 2.51. The Morgan fingerprint density at radius 3 is 2.54 bits per heavy atom. The molecule has 0 unspecified atom stereocenters. The van der Waals surface area contributed by atoms with Crippen molar-refractivity contribution < 1.29 is 9.47 Å². The van der Waals surface area contributed by atoms with Crippen LogP contribution in [0.4, 0.5) is 0 Å². The maximum atomic E-state index is 5.70. The van der Waals surface area contributed by atoms with E-state index in [0.717, 1.165) is 3.39 Å². The number of ether oxygens (including phenoxy) is 2. The van der Waals surface area contributed by atoms with Crippen LogP contribution in [0.5, 0.6) is 0 Å². The smallest absolute Gasteiger partial charge is 0.163 e. The van der Waals surface area contributed by atoms with Crippen LogP contribution in [0.1, 0.15) is 20.8 Å². The van der Waals surface area contributed by atoms with Crippen molar-refractivity contribution in [1.29, 1.82) is 0 Å². The molecule has 1 rings (SSSR count). The first kappa shape index (κ1) is 11.7. The van der Waals surface area contributed by atoms with Crippen LogP contribution in [0, 0.1) is 5.92 Å². The Hall–Kier alpha value is 0.620. The number of hydrogen-bond acceptors (Lipinski definition) is 2. The monoisotopic (exact) mass is 312 g/mol. The molecule has 1 aliphatic heterocycles. The van der Waals surface area contributed by atoms with Crippen LogP contribution in [0.3, 0.4) is 0 Å². The average molecular weight is 314 g/mol. The molecule has 76 valence electrons. The van der Waals surface area contributed by atoms with Crippen molar-refractivity contribution in [2.75, 3.05) is 6.61 Å². The summed E-state index contributed by atoms with van der Waals surface area (Å²) >= 11 is 6.66. The predicted molar refractivity (Wildman–Crippen MR) is 60.0 cm³/mol. The van der Waals surface area contributed by atoms with E-state index in [1.807, 2.05) is 13.8 Å². The van der Waals surface area contributed by atoms with Crippen molar-refractivity contribution in [2.24, 2.45) is 5.92 Å². The Bertz CT molecular complexity index is 210. The molecule has 0 aliphatic carbocycles. The highest BCUT2D eigenvalue weighted by Gasteiger charge is 2.34. The molecule has 0 aromatic carbocycles. The molecule has 2 nitrogen and oxygen atoms in total. The Kier molecular flexibility index (Phi) is 3.98. The van der Waals surface area contributed by atoms with Crippen LogP contribution in [0.15, 0.2) is 9.47 Å². The fourth-order valence-corrected chi connectivity index (χ4v) is 2.11. The van der Waals surface area contributed by atoms with E-state index in [4.69, 9.17) is 9.47 Å². The van der Waals surface area contributed by atoms with Crippen LogP contribution in [0.25, 0.3) is 0 Å². The van der Waals surface area contributed by atoms with Gasteiger partial charge in [-0.1, -0.05) is 13.0 Å². The van der Waals surface area contributed by atoms with Gasteiger partial charge < -0.3 is 9.47 Å². The van der Waals surface area contributed by atoms with E-state index in [2.05, 4.69) is 44.9 Å². The molecular formula is C9H14Br2O2. The lowest BCUT2D eigenvalue weighted by Gasteiger charge is -2.19. The summed E-state index contributed by atoms with van der Waals surface area (Å²) in [7, 11) is 0. The zero-order valence-corrected chi connectivity index (χ0v) is 11.2. The minimum absolute atomic E-state index is 0.153. The normalized spacial score (nSPS) is 28.5. The van der Waals surface area contributed by atoms with Gasteiger partial charge in [0.05, 0.1) is 16.1 Å². The van der Waals surface area contributed by atoms with E-state index in [0.29, 0.717) is 12.5 Å². The molecule has 0 spiro atoms. The fraction of sp³-hybridized carbons (Fsp3) is 0.778. The molecule has 0 saturated carbocycles. The maximum absolute atomic E-state index is 5.70. The Labute approximate surface area is 95.9 Å². The summed E-state index contributed by atoms with van der Waals surface area (Å²) in [5.41, 5.74) is 0. The lowest BCUT2D eigenvalue weighted by Crippen LogP contribution is -2.24. The molecule has 0 aromatic rings. The van der Waals surface area contributed by atoms with Crippen LogP contribution >= 0.6 is 31.9 Å². The van der Waals surface area contributed by atoms with Crippen LogP contribution < -0.4 is 0 Å². The average Bonchev–Trinajstić information content (AvgIpc) is 2.28. The highest BCUT2D eigenvalue weighted by Crippen LogP contribution is 2.29. The number of hydrogen-bond donors (Lipinski definition) is 0. The van der Waals surface area contributed by atoms with Gasteiger partial charge in [-0.2, -0.15) is 0 Å². The summed E-state index contributed by atoms with van der Waals surface area (Å²) in [6.45, 7) is 6.65. The SMILES string of the molecule is C[C@@H](C=C(Br)Br)[C@H]1COC(C)(C)O1. The minimum atomic E-state index is -0.425. The van der Waals surface area contributed by atoms with Crippen LogP contribution in [-0.4, -0.2) is 18.5 Å². The summed E-state index contributed by atoms with van der Waals surface area (Å²) < 4.78 is 12.1. The molecule has 4 heteroatoms. The first-order valence-electron chi connectivity index (χ1n) is 4.25. The van der Waals surface area contributed by atoms with Gasteiger partial charge in [-0.05, 0) is 45.7 Å². The second-order valence-electron chi connectivity index (χ2n) is 3.68. The van der Waals surface area contributed by atoms with E-state index in [1.165, 1.54) is 0 Å². The molecule has 1 aliphatic rings. The molecule has 0 aromatic heterocycles. The zero-order valence-electron chi connectivity index (χ0n) is 8.01. The van der Waals surface area contributed by atoms with Gasteiger partial charge in [0.15, 0.2) is 5.79 Å². The molecule has 13 heavy (non-hydrogen) atoms. The highest BCUT2D eigenvalue weighted by molar-refractivity contribution is 9.28. The molecule has 0 bridgehead atoms. The van der Waals surface area contributed by atoms with Gasteiger partial charge in [-0.25, -0.2) is 0 Å². The van der Waals surface area contributed by atoms with E-state index in [9.17, 15) is 0 Å². The van der Waals surface area contributed by atoms with Gasteiger partial charge in [0.2, 0.25) is 0 Å². The lowest BCUT2D eigenvalue weighted by molar-refractivity contribution is -0.141. The van der Waals surface area contributed by atoms with E-state index in [1.54, 1.807) is 0 Å². The maximum Gasteiger partial charge on any atom is 0.163 e. The summed E-state index contributed by atoms with van der Waals surface area (Å²) in [6, 6.07) is 0. The molecule has 1 saturated heterocycles. The van der Waals surface area contributed by atoms with Gasteiger partial charge in [0, 0.05) is 5.92 Å². The van der Waals surface area contributed by atoms with Crippen LogP contribution in [-0.2, 0) is 9.47 Å². The third-order valence-corrected chi connectivity index (χ3v) is 2.53. The van der Waals surface area contributed by atoms with E-state index in [-0.39, 0.29) is 6.10 Å². The molecule has 0 radical (unpaired) electrons. The highest BCUT2D eigenvalue weighted by atomic mass is 79.9. The van der Waals surface area contributed by atoms with Gasteiger partial charge in [0.25, 0.3) is 0 Å². The van der Waals surface area contributed by atoms with Crippen molar-refractivity contribution in [3.63, 3.8) is 0 Å². The standard InChI is InChI=1S/C9H14Br2O2/c1-6(4-8(10)11)7-5-12-9(2,3)13-7/h4,6-7H,5H2,1-3H3/t6-,7+/m0/s1. The van der Waals surface area contributed by atoms with Gasteiger partial charge in [0.1, 0.15) is 0 Å². The van der Waals surface area contributed by atoms with Crippen molar-refractivity contribution in [2.45, 2.75) is 32.7 Å². The molecule has 1 heterocycles. The summed E-state index contributed by atoms with van der Waals surface area (Å²) in [5.74, 6) is -0.0820. The lowest BCUT2D eigenvalue weighted by atomic mass is 10.1. The molecule has 1 fully saturated rings. The first-order valence-corrected chi connectivity index (χ1v) is 5.84. The van der Waals surface area contributed by atoms with Gasteiger partial charge in [-0.15, -0.1) is 0 Å². The van der Waals surface area contributed by atoms with Crippen molar-refractivity contribution >= 4 is 31.9 Å². The number of rotatable bonds is 2. The van der Waals surface area contributed by atoms with Crippen molar-refractivity contribution in [1.82, 2.24) is 0 Å². The number of halogens is 2. The summed E-state index contributed by atoms with van der Waals surface area (Å²) in [5, 5.41) is 0. The second kappa shape index (κ2) is 4.43. The Morgan fingerprint density at radius 1 is 1.54 bits per heavy atom. The van der Waals surface area contributed by atoms with Crippen LogP contribution in [0.2, 0.25) is 0 Å². The molecule has 0 amide bonds. The van der Waals surface area contributed by atoms with Crippen molar-refractivity contribution in [3.8, 4) is 0 Å². The zero-order chi connectivity index (χ0) is 10.1. The third-order valence-electron chi connectivity index (χ3n) is 2.01. The van der Waals surface area contributed by atoms with E-state index < -0.39 is 5.79 Å². The first-order chi connectivity index (χ1) is 5.91. The Morgan fingerprint density at radius 2 is 2.15 bits per heavy atom. The molecule has 0 N–H and O–H groups in total. The third kappa shape index (κ3) is 3.70. The van der Waals surface area contributed by atoms with Crippen molar-refractivity contribution in [3.05, 3.63) is 9.47 Å². The molecule has 2 atom stereocenters. The second-order valence-corrected chi connectivity index (χ2v) is 6.46. The quantitative estimate of drug-likeness (QED) is 0.778. The van der Waals surface area contributed by atoms with Gasteiger partial charge in [-0.3, -0.25) is 0 Å². The molecular weight excluding hydrogens is 300 g/mol. The van der Waals surface area contributed by atoms with E-state index >= 15 is 0 Å². The van der Waals surface area contributed by atoms with Gasteiger partial charge >= 0.3 is 0 Å². The fourth-order valence-electron chi connectivity index (χ4n) is 1.28. The summed E-state index contributed by atoms with van der Waals surface area (Å²) in [4.78, 5) is 0. The topological polar surface area (TPSA) is 18.5 Å². The minimum Gasteiger partial charge on any atom is -0.348 e. The summed E-state index contributed by atoms with van der Waals surface area (Å²) in [6.07, 6.45) is 2.22. The predicted octanol–water partition coefficient (Wildman–Crippen LogP) is 3.41. The largest absolute Gasteiger partial charge is 0.348 e.